The van der Waals surface area contributed by atoms with Gasteiger partial charge in [0.1, 0.15) is 5.69 Å². The molecule has 3 heterocycles. The largest absolute Gasteiger partial charge is 0.454 e. The van der Waals surface area contributed by atoms with Gasteiger partial charge < -0.3 is 24.6 Å². The number of carbonyl (C=O) groups excluding carboxylic acids is 2. The maximum atomic E-state index is 12.7. The number of piperazine rings is 1. The average Bonchev–Trinajstić information content (AvgIpc) is 3.20. The Hall–Kier alpha value is -3.36. The summed E-state index contributed by atoms with van der Waals surface area (Å²) in [6.07, 6.45) is 1.56. The molecule has 1 aromatic heterocycles. The molecule has 0 atom stereocenters. The number of amides is 2. The van der Waals surface area contributed by atoms with Crippen LogP contribution < -0.4 is 14.8 Å². The third-order valence-corrected chi connectivity index (χ3v) is 4.77. The Labute approximate surface area is 162 Å². The Bertz CT molecular complexity index is 896. The van der Waals surface area contributed by atoms with Crippen molar-refractivity contribution >= 4 is 17.8 Å². The van der Waals surface area contributed by atoms with Crippen molar-refractivity contribution in [1.29, 1.82) is 0 Å². The highest BCUT2D eigenvalue weighted by Gasteiger charge is 2.24. The Balaban J connectivity index is 1.37. The number of ether oxygens (including phenoxy) is 2. The molecule has 0 saturated carbocycles. The van der Waals surface area contributed by atoms with E-state index in [1.54, 1.807) is 29.0 Å². The molecule has 28 heavy (non-hydrogen) atoms. The van der Waals surface area contributed by atoms with Gasteiger partial charge in [-0.15, -0.1) is 0 Å². The Morgan fingerprint density at radius 2 is 1.82 bits per heavy atom. The first-order chi connectivity index (χ1) is 13.6. The van der Waals surface area contributed by atoms with E-state index in [9.17, 15) is 9.59 Å². The second kappa shape index (κ2) is 7.71. The number of hydrogen-bond acceptors (Lipinski definition) is 7. The molecule has 2 aliphatic heterocycles. The van der Waals surface area contributed by atoms with Crippen LogP contribution in [0.4, 0.5) is 5.95 Å². The lowest BCUT2D eigenvalue weighted by Gasteiger charge is -2.34. The summed E-state index contributed by atoms with van der Waals surface area (Å²) in [4.78, 5) is 36.1. The average molecular weight is 383 g/mol. The third kappa shape index (κ3) is 3.83. The van der Waals surface area contributed by atoms with E-state index in [1.807, 2.05) is 18.2 Å². The van der Waals surface area contributed by atoms with Gasteiger partial charge in [-0.1, -0.05) is 6.07 Å². The van der Waals surface area contributed by atoms with Gasteiger partial charge in [0.05, 0.1) is 0 Å². The number of benzene rings is 1. The summed E-state index contributed by atoms with van der Waals surface area (Å²) < 4.78 is 10.7. The van der Waals surface area contributed by atoms with Gasteiger partial charge in [-0.3, -0.25) is 9.59 Å². The summed E-state index contributed by atoms with van der Waals surface area (Å²) in [5, 5.41) is 3.13. The molecule has 146 valence electrons. The second-order valence-corrected chi connectivity index (χ2v) is 6.60. The van der Waals surface area contributed by atoms with E-state index in [4.69, 9.17) is 9.47 Å². The topological polar surface area (TPSA) is 96.9 Å². The van der Waals surface area contributed by atoms with E-state index < -0.39 is 0 Å². The Morgan fingerprint density at radius 3 is 2.61 bits per heavy atom. The molecular formula is C19H21N5O4. The molecule has 0 unspecified atom stereocenters. The molecule has 0 aliphatic carbocycles. The lowest BCUT2D eigenvalue weighted by Crippen LogP contribution is -2.50. The lowest BCUT2D eigenvalue weighted by atomic mass is 10.2. The van der Waals surface area contributed by atoms with Crippen molar-refractivity contribution in [3.05, 3.63) is 41.7 Å². The van der Waals surface area contributed by atoms with E-state index in [1.165, 1.54) is 0 Å². The molecule has 4 rings (SSSR count). The van der Waals surface area contributed by atoms with Gasteiger partial charge in [-0.05, 0) is 23.8 Å². The molecule has 0 bridgehead atoms. The predicted octanol–water partition coefficient (Wildman–Crippen LogP) is 1.12. The van der Waals surface area contributed by atoms with E-state index in [0.29, 0.717) is 50.1 Å². The molecular weight excluding hydrogens is 362 g/mol. The molecule has 2 aromatic rings. The van der Waals surface area contributed by atoms with Crippen LogP contribution in [0.25, 0.3) is 0 Å². The van der Waals surface area contributed by atoms with Gasteiger partial charge in [0, 0.05) is 45.8 Å². The highest BCUT2D eigenvalue weighted by atomic mass is 16.7. The third-order valence-electron chi connectivity index (χ3n) is 4.77. The zero-order valence-corrected chi connectivity index (χ0v) is 15.6. The van der Waals surface area contributed by atoms with Gasteiger partial charge in [0.25, 0.3) is 5.91 Å². The highest BCUT2D eigenvalue weighted by molar-refractivity contribution is 5.92. The fraction of sp³-hybridized carbons (Fsp3) is 0.368. The first kappa shape index (κ1) is 18.0. The lowest BCUT2D eigenvalue weighted by molar-refractivity contribution is -0.130. The van der Waals surface area contributed by atoms with Crippen molar-refractivity contribution in [2.75, 3.05) is 38.3 Å². The van der Waals surface area contributed by atoms with Crippen LogP contribution in [0.5, 0.6) is 11.5 Å². The number of fused-ring (bicyclic) bond motifs is 1. The summed E-state index contributed by atoms with van der Waals surface area (Å²) in [5.41, 5.74) is 1.32. The summed E-state index contributed by atoms with van der Waals surface area (Å²) >= 11 is 0. The number of aromatic nitrogens is 2. The molecule has 2 aliphatic rings. The van der Waals surface area contributed by atoms with Crippen LogP contribution in [0.2, 0.25) is 0 Å². The van der Waals surface area contributed by atoms with E-state index in [-0.39, 0.29) is 18.6 Å². The van der Waals surface area contributed by atoms with Gasteiger partial charge in [0.15, 0.2) is 11.5 Å². The molecule has 9 nitrogen and oxygen atoms in total. The van der Waals surface area contributed by atoms with Crippen LogP contribution in [0, 0.1) is 0 Å². The molecule has 9 heteroatoms. The Kier molecular flexibility index (Phi) is 4.96. The fourth-order valence-corrected chi connectivity index (χ4v) is 3.18. The summed E-state index contributed by atoms with van der Waals surface area (Å²) in [6.45, 7) is 4.36. The molecule has 0 radical (unpaired) electrons. The Morgan fingerprint density at radius 1 is 1.07 bits per heavy atom. The zero-order valence-electron chi connectivity index (χ0n) is 15.6. The number of nitrogens with zero attached hydrogens (tertiary/aromatic N) is 4. The molecule has 1 aromatic carbocycles. The van der Waals surface area contributed by atoms with E-state index in [2.05, 4.69) is 15.3 Å². The molecule has 2 amide bonds. The van der Waals surface area contributed by atoms with Crippen molar-refractivity contribution in [3.63, 3.8) is 0 Å². The van der Waals surface area contributed by atoms with Crippen LogP contribution in [-0.2, 0) is 11.3 Å². The van der Waals surface area contributed by atoms with E-state index in [0.717, 1.165) is 11.3 Å². The van der Waals surface area contributed by atoms with Crippen LogP contribution in [0.3, 0.4) is 0 Å². The number of nitrogens with one attached hydrogen (secondary N) is 1. The second-order valence-electron chi connectivity index (χ2n) is 6.60. The number of carbonyl (C=O) groups is 2. The van der Waals surface area contributed by atoms with Gasteiger partial charge in [-0.25, -0.2) is 9.97 Å². The van der Waals surface area contributed by atoms with Gasteiger partial charge >= 0.3 is 0 Å². The normalized spacial score (nSPS) is 15.5. The van der Waals surface area contributed by atoms with Crippen LogP contribution in [0.1, 0.15) is 23.0 Å². The van der Waals surface area contributed by atoms with Crippen LogP contribution in [0.15, 0.2) is 30.5 Å². The number of anilines is 1. The van der Waals surface area contributed by atoms with Gasteiger partial charge in [-0.2, -0.15) is 0 Å². The highest BCUT2D eigenvalue weighted by Crippen LogP contribution is 2.32. The van der Waals surface area contributed by atoms with Crippen molar-refractivity contribution in [3.8, 4) is 11.5 Å². The van der Waals surface area contributed by atoms with Crippen molar-refractivity contribution in [2.24, 2.45) is 0 Å². The minimum atomic E-state index is -0.156. The minimum absolute atomic E-state index is 0.0316. The molecule has 1 N–H and O–H groups in total. The van der Waals surface area contributed by atoms with E-state index >= 15 is 0 Å². The van der Waals surface area contributed by atoms with Crippen molar-refractivity contribution in [2.45, 2.75) is 13.5 Å². The molecule has 1 fully saturated rings. The standard InChI is InChI=1S/C19H21N5O4/c1-13(25)23-6-8-24(9-7-23)18(26)15-4-5-20-19(22-15)21-11-14-2-3-16-17(10-14)28-12-27-16/h2-5,10H,6-9,11-12H2,1H3,(H,20,21,22). The number of rotatable bonds is 4. The minimum Gasteiger partial charge on any atom is -0.454 e. The molecule has 0 spiro atoms. The predicted molar refractivity (Wildman–Crippen MR) is 100 cm³/mol. The summed E-state index contributed by atoms with van der Waals surface area (Å²) in [7, 11) is 0. The summed E-state index contributed by atoms with van der Waals surface area (Å²) in [6, 6.07) is 7.30. The maximum absolute atomic E-state index is 12.7. The zero-order chi connectivity index (χ0) is 19.5. The van der Waals surface area contributed by atoms with Crippen LogP contribution >= 0.6 is 0 Å². The van der Waals surface area contributed by atoms with Gasteiger partial charge in [0.2, 0.25) is 18.6 Å². The number of hydrogen-bond donors (Lipinski definition) is 1. The first-order valence-electron chi connectivity index (χ1n) is 9.10. The summed E-state index contributed by atoms with van der Waals surface area (Å²) in [5.74, 6) is 1.71. The first-order valence-corrected chi connectivity index (χ1v) is 9.10. The fourth-order valence-electron chi connectivity index (χ4n) is 3.18. The smallest absolute Gasteiger partial charge is 0.272 e. The molecule has 1 saturated heterocycles. The SMILES string of the molecule is CC(=O)N1CCN(C(=O)c2ccnc(NCc3ccc4c(c3)OCO4)n2)CC1. The van der Waals surface area contributed by atoms with Crippen molar-refractivity contribution < 1.29 is 19.1 Å². The maximum Gasteiger partial charge on any atom is 0.272 e. The van der Waals surface area contributed by atoms with Crippen molar-refractivity contribution in [1.82, 2.24) is 19.8 Å². The van der Waals surface area contributed by atoms with Crippen LogP contribution in [-0.4, -0.2) is 64.6 Å². The monoisotopic (exact) mass is 383 g/mol. The quantitative estimate of drug-likeness (QED) is 0.845.